The van der Waals surface area contributed by atoms with Crippen LogP contribution in [0.15, 0.2) is 57.3 Å². The molecule has 1 amide bonds. The standard InChI is InChI=1S/C24H25BrFN5O3S/c1-4-33-18-11-15(10-16(25)21(18)34-12-14-8-6-7-9-17(14)26)20-19(22(27)32)13(3)28-23-29-24(35-5-2)30-31(20)23/h6-11,20H,4-5,12H2,1-3H3,(H2,27,32)(H,28,29,30). The summed E-state index contributed by atoms with van der Waals surface area (Å²) >= 11 is 5.07. The molecule has 0 aliphatic carbocycles. The summed E-state index contributed by atoms with van der Waals surface area (Å²) in [6, 6.07) is 9.41. The number of thioether (sulfide) groups is 1. The van der Waals surface area contributed by atoms with Crippen molar-refractivity contribution in [3.8, 4) is 11.5 Å². The van der Waals surface area contributed by atoms with E-state index in [1.165, 1.54) is 17.8 Å². The number of halogens is 2. The monoisotopic (exact) mass is 561 g/mol. The maximum atomic E-state index is 14.1. The molecule has 0 bridgehead atoms. The topological polar surface area (TPSA) is 104 Å². The molecule has 184 valence electrons. The molecule has 1 atom stereocenters. The summed E-state index contributed by atoms with van der Waals surface area (Å²) in [6.07, 6.45) is 0. The summed E-state index contributed by atoms with van der Waals surface area (Å²) in [4.78, 5) is 17.0. The lowest BCUT2D eigenvalue weighted by molar-refractivity contribution is -0.115. The summed E-state index contributed by atoms with van der Waals surface area (Å²) in [5.74, 6) is 1.27. The SMILES string of the molecule is CCOc1cc(C2C(C(N)=O)=C(C)Nc3nc(SCC)nn32)cc(Br)c1OCc1ccccc1F. The Bertz CT molecular complexity index is 1300. The molecule has 0 saturated heterocycles. The summed E-state index contributed by atoms with van der Waals surface area (Å²) in [5, 5.41) is 8.34. The Morgan fingerprint density at radius 1 is 1.29 bits per heavy atom. The number of aromatic nitrogens is 3. The highest BCUT2D eigenvalue weighted by Crippen LogP contribution is 2.43. The second-order valence-corrected chi connectivity index (χ2v) is 9.75. The minimum absolute atomic E-state index is 0.0222. The molecule has 1 aliphatic heterocycles. The summed E-state index contributed by atoms with van der Waals surface area (Å²) in [7, 11) is 0. The fraction of sp³-hybridized carbons (Fsp3) is 0.292. The minimum Gasteiger partial charge on any atom is -0.490 e. The highest BCUT2D eigenvalue weighted by Gasteiger charge is 2.34. The van der Waals surface area contributed by atoms with Gasteiger partial charge in [-0.25, -0.2) is 9.07 Å². The Balaban J connectivity index is 1.78. The van der Waals surface area contributed by atoms with Gasteiger partial charge in [-0.15, -0.1) is 5.10 Å². The largest absolute Gasteiger partial charge is 0.490 e. The van der Waals surface area contributed by atoms with Crippen LogP contribution in [-0.4, -0.2) is 33.0 Å². The zero-order chi connectivity index (χ0) is 25.1. The quantitative estimate of drug-likeness (QED) is 0.352. The molecule has 1 aromatic heterocycles. The number of primary amides is 1. The molecular formula is C24H25BrFN5O3S. The predicted octanol–water partition coefficient (Wildman–Crippen LogP) is 5.04. The molecule has 3 N–H and O–H groups in total. The summed E-state index contributed by atoms with van der Waals surface area (Å²) in [5.41, 5.74) is 7.88. The number of amides is 1. The van der Waals surface area contributed by atoms with E-state index in [1.807, 2.05) is 19.9 Å². The Morgan fingerprint density at radius 2 is 2.06 bits per heavy atom. The van der Waals surface area contributed by atoms with Crippen molar-refractivity contribution in [2.24, 2.45) is 5.73 Å². The van der Waals surface area contributed by atoms with E-state index < -0.39 is 11.9 Å². The van der Waals surface area contributed by atoms with Crippen molar-refractivity contribution in [3.63, 3.8) is 0 Å². The highest BCUT2D eigenvalue weighted by atomic mass is 79.9. The van der Waals surface area contributed by atoms with Crippen LogP contribution in [0.25, 0.3) is 0 Å². The summed E-state index contributed by atoms with van der Waals surface area (Å²) < 4.78 is 28.2. The van der Waals surface area contributed by atoms with Gasteiger partial charge in [-0.2, -0.15) is 4.98 Å². The lowest BCUT2D eigenvalue weighted by atomic mass is 9.95. The second-order valence-electron chi connectivity index (χ2n) is 7.67. The van der Waals surface area contributed by atoms with Gasteiger partial charge in [0, 0.05) is 11.3 Å². The van der Waals surface area contributed by atoms with Crippen molar-refractivity contribution in [2.45, 2.75) is 38.6 Å². The number of benzene rings is 2. The van der Waals surface area contributed by atoms with Crippen molar-refractivity contribution in [1.29, 1.82) is 0 Å². The van der Waals surface area contributed by atoms with Crippen LogP contribution in [0.4, 0.5) is 10.3 Å². The molecule has 0 radical (unpaired) electrons. The van der Waals surface area contributed by atoms with Gasteiger partial charge in [0.25, 0.3) is 0 Å². The van der Waals surface area contributed by atoms with Gasteiger partial charge < -0.3 is 20.5 Å². The zero-order valence-electron chi connectivity index (χ0n) is 19.5. The number of carbonyl (C=O) groups is 1. The van der Waals surface area contributed by atoms with E-state index in [0.717, 1.165) is 5.75 Å². The molecule has 11 heteroatoms. The van der Waals surface area contributed by atoms with Crippen molar-refractivity contribution < 1.29 is 18.7 Å². The zero-order valence-corrected chi connectivity index (χ0v) is 21.9. The van der Waals surface area contributed by atoms with Gasteiger partial charge in [-0.1, -0.05) is 36.9 Å². The van der Waals surface area contributed by atoms with Crippen LogP contribution >= 0.6 is 27.7 Å². The van der Waals surface area contributed by atoms with Crippen molar-refractivity contribution in [2.75, 3.05) is 17.7 Å². The first-order valence-electron chi connectivity index (χ1n) is 11.0. The van der Waals surface area contributed by atoms with E-state index in [-0.39, 0.29) is 12.4 Å². The van der Waals surface area contributed by atoms with Gasteiger partial charge >= 0.3 is 0 Å². The van der Waals surface area contributed by atoms with Crippen LogP contribution in [0, 0.1) is 5.82 Å². The maximum Gasteiger partial charge on any atom is 0.248 e. The lowest BCUT2D eigenvalue weighted by Gasteiger charge is -2.28. The smallest absolute Gasteiger partial charge is 0.248 e. The summed E-state index contributed by atoms with van der Waals surface area (Å²) in [6.45, 7) is 6.05. The van der Waals surface area contributed by atoms with Crippen LogP contribution in [-0.2, 0) is 11.4 Å². The average Bonchev–Trinajstić information content (AvgIpc) is 3.20. The molecule has 2 aromatic carbocycles. The Hall–Kier alpha value is -3.05. The number of allylic oxidation sites excluding steroid dienone is 1. The second kappa shape index (κ2) is 10.7. The van der Waals surface area contributed by atoms with Crippen LogP contribution in [0.5, 0.6) is 11.5 Å². The minimum atomic E-state index is -0.626. The number of hydrogen-bond donors (Lipinski definition) is 2. The number of nitrogens with zero attached hydrogens (tertiary/aromatic N) is 3. The molecule has 1 aliphatic rings. The number of rotatable bonds is 9. The van der Waals surface area contributed by atoms with Crippen LogP contribution in [0.2, 0.25) is 0 Å². The Labute approximate surface area is 215 Å². The molecule has 8 nitrogen and oxygen atoms in total. The van der Waals surface area contributed by atoms with E-state index in [9.17, 15) is 9.18 Å². The Morgan fingerprint density at radius 3 is 2.74 bits per heavy atom. The number of nitrogens with one attached hydrogen (secondary N) is 1. The van der Waals surface area contributed by atoms with E-state index in [2.05, 4.69) is 31.3 Å². The van der Waals surface area contributed by atoms with E-state index in [0.29, 0.717) is 56.1 Å². The molecule has 0 spiro atoms. The Kier molecular flexibility index (Phi) is 7.66. The van der Waals surface area contributed by atoms with Gasteiger partial charge in [-0.3, -0.25) is 4.79 Å². The highest BCUT2D eigenvalue weighted by molar-refractivity contribution is 9.10. The number of ether oxygens (including phenoxy) is 2. The van der Waals surface area contributed by atoms with Gasteiger partial charge in [0.15, 0.2) is 11.5 Å². The first-order valence-corrected chi connectivity index (χ1v) is 12.8. The predicted molar refractivity (Wildman–Crippen MR) is 136 cm³/mol. The van der Waals surface area contributed by atoms with Crippen molar-refractivity contribution >= 4 is 39.5 Å². The average molecular weight is 562 g/mol. The molecular weight excluding hydrogens is 537 g/mol. The number of hydrogen-bond acceptors (Lipinski definition) is 7. The van der Waals surface area contributed by atoms with Gasteiger partial charge in [-0.05, 0) is 59.3 Å². The lowest BCUT2D eigenvalue weighted by Crippen LogP contribution is -2.32. The van der Waals surface area contributed by atoms with Crippen molar-refractivity contribution in [3.05, 3.63) is 69.1 Å². The molecule has 3 aromatic rings. The van der Waals surface area contributed by atoms with E-state index in [1.54, 1.807) is 35.9 Å². The third kappa shape index (κ3) is 5.15. The third-order valence-corrected chi connectivity index (χ3v) is 6.66. The molecule has 1 unspecified atom stereocenters. The fourth-order valence-electron chi connectivity index (χ4n) is 3.86. The molecule has 4 rings (SSSR count). The van der Waals surface area contributed by atoms with Gasteiger partial charge in [0.1, 0.15) is 18.5 Å². The van der Waals surface area contributed by atoms with Crippen LogP contribution < -0.4 is 20.5 Å². The van der Waals surface area contributed by atoms with E-state index >= 15 is 0 Å². The third-order valence-electron chi connectivity index (χ3n) is 5.35. The number of nitrogens with two attached hydrogens (primary N) is 1. The number of fused-ring (bicyclic) bond motifs is 1. The number of anilines is 1. The maximum absolute atomic E-state index is 14.1. The normalized spacial score (nSPS) is 14.9. The molecule has 2 heterocycles. The molecule has 0 saturated carbocycles. The number of carbonyl (C=O) groups excluding carboxylic acids is 1. The fourth-order valence-corrected chi connectivity index (χ4v) is 4.99. The first kappa shape index (κ1) is 25.1. The molecule has 35 heavy (non-hydrogen) atoms. The molecule has 0 fully saturated rings. The van der Waals surface area contributed by atoms with Gasteiger partial charge in [0.05, 0.1) is 16.7 Å². The van der Waals surface area contributed by atoms with Gasteiger partial charge in [0.2, 0.25) is 17.0 Å². The van der Waals surface area contributed by atoms with E-state index in [4.69, 9.17) is 15.2 Å². The van der Waals surface area contributed by atoms with Crippen molar-refractivity contribution in [1.82, 2.24) is 14.8 Å². The van der Waals surface area contributed by atoms with Crippen LogP contribution in [0.1, 0.15) is 37.9 Å². The van der Waals surface area contributed by atoms with Crippen LogP contribution in [0.3, 0.4) is 0 Å². The first-order chi connectivity index (χ1) is 16.8.